The Morgan fingerprint density at radius 2 is 1.81 bits per heavy atom. The van der Waals surface area contributed by atoms with E-state index in [0.717, 1.165) is 24.8 Å². The van der Waals surface area contributed by atoms with Crippen molar-refractivity contribution in [3.05, 3.63) is 53.9 Å². The molecular formula is C23H31N3O5S. The number of carbonyl (C=O) groups is 2. The first kappa shape index (κ1) is 24.0. The monoisotopic (exact) mass is 461 g/mol. The van der Waals surface area contributed by atoms with Gasteiger partial charge in [-0.05, 0) is 37.8 Å². The third kappa shape index (κ3) is 5.77. The molecule has 1 amide bonds. The topological polar surface area (TPSA) is 97.7 Å². The number of hydrogen-bond donors (Lipinski definition) is 1. The highest BCUT2D eigenvalue weighted by Crippen LogP contribution is 2.22. The maximum atomic E-state index is 12.9. The lowest BCUT2D eigenvalue weighted by molar-refractivity contribution is -0.147. The molecule has 1 aliphatic heterocycles. The molecule has 1 atom stereocenters. The minimum Gasteiger partial charge on any atom is -0.466 e. The fourth-order valence-corrected chi connectivity index (χ4v) is 5.45. The molecule has 0 spiro atoms. The van der Waals surface area contributed by atoms with E-state index in [1.807, 2.05) is 30.3 Å². The SMILES string of the molecule is CCOC(=O)C(CNC(=O)c1cc(S(=O)(=O)N2CCCCC2)cn1C)Cc1ccccc1. The molecule has 0 bridgehead atoms. The van der Waals surface area contributed by atoms with Crippen LogP contribution in [0, 0.1) is 5.92 Å². The number of carbonyl (C=O) groups excluding carboxylic acids is 2. The Morgan fingerprint density at radius 1 is 1.12 bits per heavy atom. The Kier molecular flexibility index (Phi) is 8.09. The average molecular weight is 462 g/mol. The quantitative estimate of drug-likeness (QED) is 0.578. The molecule has 1 aliphatic rings. The highest BCUT2D eigenvalue weighted by Gasteiger charge is 2.29. The molecule has 0 saturated carbocycles. The van der Waals surface area contributed by atoms with Crippen LogP contribution in [0.1, 0.15) is 42.2 Å². The maximum Gasteiger partial charge on any atom is 0.311 e. The first-order valence-electron chi connectivity index (χ1n) is 11.0. The summed E-state index contributed by atoms with van der Waals surface area (Å²) < 4.78 is 34.0. The summed E-state index contributed by atoms with van der Waals surface area (Å²) in [6, 6.07) is 10.9. The van der Waals surface area contributed by atoms with Gasteiger partial charge in [-0.15, -0.1) is 0 Å². The summed E-state index contributed by atoms with van der Waals surface area (Å²) in [5.74, 6) is -1.36. The van der Waals surface area contributed by atoms with Crippen LogP contribution in [0.15, 0.2) is 47.5 Å². The Bertz CT molecular complexity index is 1030. The van der Waals surface area contributed by atoms with Crippen LogP contribution in [0.4, 0.5) is 0 Å². The van der Waals surface area contributed by atoms with Gasteiger partial charge in [-0.1, -0.05) is 36.8 Å². The normalized spacial score (nSPS) is 15.8. The number of ether oxygens (including phenoxy) is 1. The van der Waals surface area contributed by atoms with Gasteiger partial charge in [-0.2, -0.15) is 4.31 Å². The van der Waals surface area contributed by atoms with Crippen molar-refractivity contribution in [2.45, 2.75) is 37.5 Å². The number of piperidine rings is 1. The number of aromatic nitrogens is 1. The van der Waals surface area contributed by atoms with E-state index < -0.39 is 21.8 Å². The van der Waals surface area contributed by atoms with Crippen LogP contribution in [0.3, 0.4) is 0 Å². The van der Waals surface area contributed by atoms with Gasteiger partial charge in [-0.3, -0.25) is 9.59 Å². The number of nitrogens with zero attached hydrogens (tertiary/aromatic N) is 2. The molecule has 9 heteroatoms. The van der Waals surface area contributed by atoms with E-state index in [1.54, 1.807) is 14.0 Å². The molecule has 0 radical (unpaired) electrons. The zero-order valence-corrected chi connectivity index (χ0v) is 19.4. The highest BCUT2D eigenvalue weighted by atomic mass is 32.2. The summed E-state index contributed by atoms with van der Waals surface area (Å²) in [6.07, 6.45) is 4.61. The Labute approximate surface area is 189 Å². The molecule has 8 nitrogen and oxygen atoms in total. The standard InChI is InChI=1S/C23H31N3O5S/c1-3-31-23(28)19(14-18-10-6-4-7-11-18)16-24-22(27)21-15-20(17-25(21)2)32(29,30)26-12-8-5-9-13-26/h4,6-7,10-11,15,17,19H,3,5,8-9,12-14,16H2,1-2H3,(H,24,27). The first-order chi connectivity index (χ1) is 15.3. The van der Waals surface area contributed by atoms with Crippen LogP contribution in [0.2, 0.25) is 0 Å². The van der Waals surface area contributed by atoms with Crippen molar-refractivity contribution < 1.29 is 22.7 Å². The summed E-state index contributed by atoms with van der Waals surface area (Å²) in [5, 5.41) is 2.77. The van der Waals surface area contributed by atoms with Crippen molar-refractivity contribution in [1.82, 2.24) is 14.2 Å². The Morgan fingerprint density at radius 3 is 2.47 bits per heavy atom. The van der Waals surface area contributed by atoms with Crippen LogP contribution in [-0.4, -0.2) is 55.4 Å². The van der Waals surface area contributed by atoms with Crippen LogP contribution in [0.5, 0.6) is 0 Å². The molecule has 174 valence electrons. The summed E-state index contributed by atoms with van der Waals surface area (Å²) in [7, 11) is -2.00. The zero-order chi connectivity index (χ0) is 23.1. The smallest absolute Gasteiger partial charge is 0.311 e. The van der Waals surface area contributed by atoms with Gasteiger partial charge in [0, 0.05) is 32.9 Å². The second kappa shape index (κ2) is 10.8. The average Bonchev–Trinajstić information content (AvgIpc) is 3.20. The van der Waals surface area contributed by atoms with Crippen molar-refractivity contribution in [2.24, 2.45) is 13.0 Å². The number of amides is 1. The lowest BCUT2D eigenvalue weighted by Crippen LogP contribution is -2.36. The van der Waals surface area contributed by atoms with Crippen LogP contribution >= 0.6 is 0 Å². The van der Waals surface area contributed by atoms with E-state index >= 15 is 0 Å². The maximum absolute atomic E-state index is 12.9. The second-order valence-corrected chi connectivity index (χ2v) is 9.92. The molecule has 2 aromatic rings. The van der Waals surface area contributed by atoms with E-state index in [2.05, 4.69) is 5.32 Å². The number of sulfonamides is 1. The van der Waals surface area contributed by atoms with Crippen LogP contribution in [0.25, 0.3) is 0 Å². The largest absolute Gasteiger partial charge is 0.466 e. The molecule has 1 aromatic carbocycles. The predicted molar refractivity (Wildman–Crippen MR) is 121 cm³/mol. The molecule has 0 aliphatic carbocycles. The Hall–Kier alpha value is -2.65. The second-order valence-electron chi connectivity index (χ2n) is 7.99. The van der Waals surface area contributed by atoms with E-state index in [9.17, 15) is 18.0 Å². The predicted octanol–water partition coefficient (Wildman–Crippen LogP) is 2.35. The molecule has 1 saturated heterocycles. The fraction of sp³-hybridized carbons (Fsp3) is 0.478. The van der Waals surface area contributed by atoms with E-state index in [4.69, 9.17) is 4.74 Å². The molecule has 1 unspecified atom stereocenters. The van der Waals surface area contributed by atoms with Crippen molar-refractivity contribution in [1.29, 1.82) is 0 Å². The van der Waals surface area contributed by atoms with Gasteiger partial charge >= 0.3 is 5.97 Å². The van der Waals surface area contributed by atoms with Gasteiger partial charge in [0.1, 0.15) is 10.6 Å². The lowest BCUT2D eigenvalue weighted by atomic mass is 9.99. The molecule has 1 aromatic heterocycles. The summed E-state index contributed by atoms with van der Waals surface area (Å²) in [5.41, 5.74) is 1.19. The Balaban J connectivity index is 1.70. The number of rotatable bonds is 9. The number of nitrogens with one attached hydrogen (secondary N) is 1. The van der Waals surface area contributed by atoms with E-state index in [0.29, 0.717) is 19.5 Å². The van der Waals surface area contributed by atoms with Gasteiger partial charge in [0.05, 0.1) is 12.5 Å². The number of benzene rings is 1. The van der Waals surface area contributed by atoms with Gasteiger partial charge in [0.2, 0.25) is 10.0 Å². The zero-order valence-electron chi connectivity index (χ0n) is 18.6. The molecule has 3 rings (SSSR count). The van der Waals surface area contributed by atoms with Gasteiger partial charge in [0.15, 0.2) is 0 Å². The number of esters is 1. The third-order valence-corrected chi connectivity index (χ3v) is 7.48. The first-order valence-corrected chi connectivity index (χ1v) is 12.4. The summed E-state index contributed by atoms with van der Waals surface area (Å²) in [4.78, 5) is 25.3. The van der Waals surface area contributed by atoms with E-state index in [1.165, 1.54) is 21.1 Å². The molecular weight excluding hydrogens is 430 g/mol. The molecule has 32 heavy (non-hydrogen) atoms. The minimum atomic E-state index is -3.63. The number of hydrogen-bond acceptors (Lipinski definition) is 5. The van der Waals surface area contributed by atoms with Crippen molar-refractivity contribution in [3.63, 3.8) is 0 Å². The lowest BCUT2D eigenvalue weighted by Gasteiger charge is -2.25. The molecule has 1 N–H and O–H groups in total. The fourth-order valence-electron chi connectivity index (χ4n) is 3.86. The van der Waals surface area contributed by atoms with Gasteiger partial charge < -0.3 is 14.6 Å². The summed E-state index contributed by atoms with van der Waals surface area (Å²) >= 11 is 0. The van der Waals surface area contributed by atoms with Crippen molar-refractivity contribution >= 4 is 21.9 Å². The number of aryl methyl sites for hydroxylation is 1. The highest BCUT2D eigenvalue weighted by molar-refractivity contribution is 7.89. The van der Waals surface area contributed by atoms with Crippen molar-refractivity contribution in [2.75, 3.05) is 26.2 Å². The summed E-state index contributed by atoms with van der Waals surface area (Å²) in [6.45, 7) is 3.09. The minimum absolute atomic E-state index is 0.0892. The van der Waals surface area contributed by atoms with Crippen LogP contribution < -0.4 is 5.32 Å². The van der Waals surface area contributed by atoms with Gasteiger partial charge in [-0.25, -0.2) is 8.42 Å². The van der Waals surface area contributed by atoms with Gasteiger partial charge in [0.25, 0.3) is 5.91 Å². The third-order valence-electron chi connectivity index (χ3n) is 5.62. The van der Waals surface area contributed by atoms with Crippen molar-refractivity contribution in [3.8, 4) is 0 Å². The molecule has 2 heterocycles. The van der Waals surface area contributed by atoms with Crippen LogP contribution in [-0.2, 0) is 33.0 Å². The van der Waals surface area contributed by atoms with E-state index in [-0.39, 0.29) is 29.7 Å². The molecule has 1 fully saturated rings.